The summed E-state index contributed by atoms with van der Waals surface area (Å²) in [6.45, 7) is 0. The fourth-order valence-corrected chi connectivity index (χ4v) is 7.36. The van der Waals surface area contributed by atoms with Gasteiger partial charge >= 0.3 is 0 Å². The maximum Gasteiger partial charge on any atom is 0.140 e. The van der Waals surface area contributed by atoms with E-state index in [-0.39, 0.29) is 0 Å². The minimum Gasteiger partial charge on any atom is -0.455 e. The van der Waals surface area contributed by atoms with Crippen LogP contribution in [0.2, 0.25) is 0 Å². The van der Waals surface area contributed by atoms with Gasteiger partial charge in [-0.15, -0.1) is 0 Å². The number of hydrogen-bond acceptors (Lipinski definition) is 2. The first-order valence-electron chi connectivity index (χ1n) is 14.1. The van der Waals surface area contributed by atoms with Gasteiger partial charge in [-0.1, -0.05) is 127 Å². The molecule has 7 aromatic carbocycles. The molecular formula is C39H25NO. The summed E-state index contributed by atoms with van der Waals surface area (Å²) in [4.78, 5) is 0. The summed E-state index contributed by atoms with van der Waals surface area (Å²) in [6.07, 6.45) is 0. The summed E-state index contributed by atoms with van der Waals surface area (Å²) in [6, 6.07) is 50.1. The van der Waals surface area contributed by atoms with Crippen LogP contribution in [0.4, 0.5) is 5.69 Å². The summed E-state index contributed by atoms with van der Waals surface area (Å²) < 4.78 is 7.03. The van der Waals surface area contributed by atoms with Crippen molar-refractivity contribution in [3.63, 3.8) is 0 Å². The third kappa shape index (κ3) is 2.86. The lowest BCUT2D eigenvalue weighted by molar-refractivity contribution is 0.447. The molecule has 0 amide bonds. The van der Waals surface area contributed by atoms with Crippen molar-refractivity contribution in [1.29, 1.82) is 0 Å². The van der Waals surface area contributed by atoms with Gasteiger partial charge in [0.1, 0.15) is 11.5 Å². The molecule has 192 valence electrons. The summed E-state index contributed by atoms with van der Waals surface area (Å²) in [5.41, 5.74) is 16.2. The van der Waals surface area contributed by atoms with Gasteiger partial charge in [-0.3, -0.25) is 0 Å². The van der Waals surface area contributed by atoms with E-state index in [0.717, 1.165) is 33.5 Å². The number of fused-ring (bicyclic) bond motifs is 13. The van der Waals surface area contributed by atoms with E-state index in [1.807, 2.05) is 12.1 Å². The average Bonchev–Trinajstić information content (AvgIpc) is 3.32. The van der Waals surface area contributed by atoms with Crippen molar-refractivity contribution < 1.29 is 4.74 Å². The molecule has 9 rings (SSSR count). The van der Waals surface area contributed by atoms with Crippen LogP contribution in [0.15, 0.2) is 140 Å². The van der Waals surface area contributed by atoms with Crippen molar-refractivity contribution in [3.8, 4) is 33.8 Å². The zero-order chi connectivity index (χ0) is 27.1. The second kappa shape index (κ2) is 8.09. The standard InChI is InChI=1S/C39H25NO/c40-27-20-16-26(17-21-27)28-13-7-15-33-36(28)31-12-5-6-14-32(31)39(33)34-22-18-24-8-1-3-10-29(24)37(34)41-38-30-11-4-2-9-25(30)19-23-35(38)39/h1-23H,40H2. The number of nitrogens with two attached hydrogens (primary N) is 1. The molecule has 41 heavy (non-hydrogen) atoms. The Bertz CT molecular complexity index is 2110. The molecule has 2 N–H and O–H groups in total. The van der Waals surface area contributed by atoms with Crippen LogP contribution >= 0.6 is 0 Å². The van der Waals surface area contributed by atoms with Crippen LogP contribution in [0.3, 0.4) is 0 Å². The molecule has 1 aliphatic heterocycles. The Kier molecular flexibility index (Phi) is 4.44. The maximum atomic E-state index is 7.03. The summed E-state index contributed by atoms with van der Waals surface area (Å²) in [5.74, 6) is 1.87. The van der Waals surface area contributed by atoms with Gasteiger partial charge in [-0.05, 0) is 56.3 Å². The van der Waals surface area contributed by atoms with Crippen molar-refractivity contribution in [1.82, 2.24) is 0 Å². The smallest absolute Gasteiger partial charge is 0.140 e. The van der Waals surface area contributed by atoms with Gasteiger partial charge < -0.3 is 10.5 Å². The molecule has 0 radical (unpaired) electrons. The highest BCUT2D eigenvalue weighted by Crippen LogP contribution is 2.64. The van der Waals surface area contributed by atoms with E-state index in [9.17, 15) is 0 Å². The molecule has 2 aliphatic rings. The van der Waals surface area contributed by atoms with Gasteiger partial charge in [0.25, 0.3) is 0 Å². The van der Waals surface area contributed by atoms with E-state index in [2.05, 4.69) is 127 Å². The number of hydrogen-bond donors (Lipinski definition) is 1. The number of ether oxygens (including phenoxy) is 1. The van der Waals surface area contributed by atoms with Crippen LogP contribution < -0.4 is 10.5 Å². The molecule has 1 heterocycles. The Morgan fingerprint density at radius 1 is 0.439 bits per heavy atom. The van der Waals surface area contributed by atoms with Gasteiger partial charge in [0.05, 0.1) is 5.41 Å². The Hall–Kier alpha value is -5.34. The predicted molar refractivity (Wildman–Crippen MR) is 169 cm³/mol. The first-order valence-corrected chi connectivity index (χ1v) is 14.1. The minimum atomic E-state index is -0.535. The molecule has 0 fully saturated rings. The largest absolute Gasteiger partial charge is 0.455 e. The molecule has 1 spiro atoms. The molecular weight excluding hydrogens is 498 g/mol. The predicted octanol–water partition coefficient (Wildman–Crippen LogP) is 9.71. The Morgan fingerprint density at radius 3 is 1.68 bits per heavy atom. The average molecular weight is 524 g/mol. The van der Waals surface area contributed by atoms with Gasteiger partial charge in [0, 0.05) is 27.6 Å². The Morgan fingerprint density at radius 2 is 1.00 bits per heavy atom. The second-order valence-corrected chi connectivity index (χ2v) is 11.1. The molecule has 0 saturated carbocycles. The minimum absolute atomic E-state index is 0.535. The fraction of sp³-hybridized carbons (Fsp3) is 0.0256. The Labute approximate surface area is 238 Å². The van der Waals surface area contributed by atoms with Crippen LogP contribution in [0, 0.1) is 0 Å². The van der Waals surface area contributed by atoms with E-state index in [1.165, 1.54) is 49.7 Å². The van der Waals surface area contributed by atoms with Crippen molar-refractivity contribution in [2.24, 2.45) is 0 Å². The molecule has 2 nitrogen and oxygen atoms in total. The molecule has 0 aromatic heterocycles. The van der Waals surface area contributed by atoms with Crippen LogP contribution in [-0.4, -0.2) is 0 Å². The van der Waals surface area contributed by atoms with E-state index >= 15 is 0 Å². The van der Waals surface area contributed by atoms with Crippen molar-refractivity contribution in [2.45, 2.75) is 5.41 Å². The lowest BCUT2D eigenvalue weighted by Crippen LogP contribution is -2.32. The number of rotatable bonds is 1. The topological polar surface area (TPSA) is 35.2 Å². The summed E-state index contributed by atoms with van der Waals surface area (Å²) >= 11 is 0. The van der Waals surface area contributed by atoms with E-state index in [0.29, 0.717) is 0 Å². The highest BCUT2D eigenvalue weighted by molar-refractivity contribution is 6.02. The van der Waals surface area contributed by atoms with Gasteiger partial charge in [0.15, 0.2) is 0 Å². The molecule has 0 unspecified atom stereocenters. The summed E-state index contributed by atoms with van der Waals surface area (Å²) in [7, 11) is 0. The quantitative estimate of drug-likeness (QED) is 0.217. The number of anilines is 1. The third-order valence-corrected chi connectivity index (χ3v) is 9.06. The van der Waals surface area contributed by atoms with Crippen LogP contribution in [0.5, 0.6) is 11.5 Å². The summed E-state index contributed by atoms with van der Waals surface area (Å²) in [5, 5.41) is 4.60. The third-order valence-electron chi connectivity index (χ3n) is 9.06. The fourth-order valence-electron chi connectivity index (χ4n) is 7.36. The molecule has 0 atom stereocenters. The zero-order valence-electron chi connectivity index (χ0n) is 22.3. The Balaban J connectivity index is 1.49. The van der Waals surface area contributed by atoms with E-state index in [4.69, 9.17) is 10.5 Å². The second-order valence-electron chi connectivity index (χ2n) is 11.1. The van der Waals surface area contributed by atoms with Crippen LogP contribution in [0.25, 0.3) is 43.8 Å². The van der Waals surface area contributed by atoms with E-state index in [1.54, 1.807) is 0 Å². The molecule has 2 heteroatoms. The molecule has 1 aliphatic carbocycles. The molecule has 7 aromatic rings. The normalized spacial score (nSPS) is 13.9. The van der Waals surface area contributed by atoms with Gasteiger partial charge in [0.2, 0.25) is 0 Å². The van der Waals surface area contributed by atoms with Crippen LogP contribution in [0.1, 0.15) is 22.3 Å². The van der Waals surface area contributed by atoms with Gasteiger partial charge in [-0.2, -0.15) is 0 Å². The van der Waals surface area contributed by atoms with Crippen molar-refractivity contribution in [3.05, 3.63) is 162 Å². The number of benzene rings is 7. The maximum absolute atomic E-state index is 7.03. The van der Waals surface area contributed by atoms with Gasteiger partial charge in [-0.25, -0.2) is 0 Å². The highest BCUT2D eigenvalue weighted by Gasteiger charge is 2.52. The van der Waals surface area contributed by atoms with Crippen molar-refractivity contribution >= 4 is 27.2 Å². The molecule has 0 saturated heterocycles. The van der Waals surface area contributed by atoms with Crippen LogP contribution in [-0.2, 0) is 5.41 Å². The molecule has 0 bridgehead atoms. The van der Waals surface area contributed by atoms with E-state index < -0.39 is 5.41 Å². The number of nitrogen functional groups attached to an aromatic ring is 1. The SMILES string of the molecule is Nc1ccc(-c2cccc3c2-c2ccccc2C32c3ccc4ccccc4c3Oc3c2ccc2ccccc32)cc1. The monoisotopic (exact) mass is 523 g/mol. The lowest BCUT2D eigenvalue weighted by atomic mass is 9.65. The first-order chi connectivity index (χ1) is 20.2. The lowest BCUT2D eigenvalue weighted by Gasteiger charge is -2.40. The zero-order valence-corrected chi connectivity index (χ0v) is 22.3. The van der Waals surface area contributed by atoms with Crippen molar-refractivity contribution in [2.75, 3.05) is 5.73 Å². The highest BCUT2D eigenvalue weighted by atomic mass is 16.5. The first kappa shape index (κ1) is 22.5.